The lowest BCUT2D eigenvalue weighted by atomic mass is 9.99. The highest BCUT2D eigenvalue weighted by atomic mass is 32.2. The Bertz CT molecular complexity index is 1720. The van der Waals surface area contributed by atoms with Gasteiger partial charge in [-0.05, 0) is 56.0 Å². The first kappa shape index (κ1) is 28.5. The van der Waals surface area contributed by atoms with Gasteiger partial charge in [-0.3, -0.25) is 14.5 Å². The maximum Gasteiger partial charge on any atom is 0.240 e. The van der Waals surface area contributed by atoms with Crippen molar-refractivity contribution in [3.63, 3.8) is 0 Å². The molecule has 0 spiro atoms. The lowest BCUT2D eigenvalue weighted by Gasteiger charge is -2.24. The van der Waals surface area contributed by atoms with Gasteiger partial charge in [-0.15, -0.1) is 11.8 Å². The van der Waals surface area contributed by atoms with Crippen LogP contribution in [0.4, 0.5) is 5.82 Å². The van der Waals surface area contributed by atoms with E-state index in [4.69, 9.17) is 19.3 Å². The van der Waals surface area contributed by atoms with Crippen molar-refractivity contribution < 1.29 is 23.8 Å². The Balaban J connectivity index is 1.40. The topological polar surface area (TPSA) is 94.9 Å². The fourth-order valence-corrected chi connectivity index (χ4v) is 7.30. The number of thioether (sulfide) groups is 1. The molecule has 3 aromatic carbocycles. The Morgan fingerprint density at radius 3 is 2.68 bits per heavy atom. The maximum atomic E-state index is 14.0. The molecule has 2 unspecified atom stereocenters. The molecule has 0 aliphatic carbocycles. The average molecular weight is 611 g/mol. The van der Waals surface area contributed by atoms with Crippen LogP contribution in [0, 0.1) is 13.8 Å². The zero-order valence-electron chi connectivity index (χ0n) is 24.7. The van der Waals surface area contributed by atoms with Crippen LogP contribution in [-0.2, 0) is 14.3 Å². The van der Waals surface area contributed by atoms with E-state index in [-0.39, 0.29) is 42.3 Å². The number of carbonyl (C=O) groups is 2. The van der Waals surface area contributed by atoms with Crippen LogP contribution >= 0.6 is 11.8 Å². The third-order valence-electron chi connectivity index (χ3n) is 8.27. The molecule has 1 aromatic heterocycles. The van der Waals surface area contributed by atoms with E-state index in [9.17, 15) is 9.59 Å². The summed E-state index contributed by atoms with van der Waals surface area (Å²) in [7, 11) is 0. The number of amides is 2. The number of benzene rings is 3. The molecule has 0 bridgehead atoms. The van der Waals surface area contributed by atoms with E-state index < -0.39 is 0 Å². The molecule has 1 fully saturated rings. The fraction of sp³-hybridized carbons (Fsp3) is 0.324. The summed E-state index contributed by atoms with van der Waals surface area (Å²) in [4.78, 5) is 29.1. The third-order valence-corrected chi connectivity index (χ3v) is 9.52. The molecular formula is C34H34N4O5S. The number of aromatic nitrogens is 2. The number of hydrogen-bond donors (Lipinski definition) is 1. The van der Waals surface area contributed by atoms with Gasteiger partial charge < -0.3 is 19.5 Å². The lowest BCUT2D eigenvalue weighted by molar-refractivity contribution is -0.123. The summed E-state index contributed by atoms with van der Waals surface area (Å²) in [5, 5.41) is 7.96. The van der Waals surface area contributed by atoms with Gasteiger partial charge in [0, 0.05) is 24.3 Å². The highest BCUT2D eigenvalue weighted by Gasteiger charge is 2.38. The van der Waals surface area contributed by atoms with Crippen molar-refractivity contribution in [3.8, 4) is 28.4 Å². The summed E-state index contributed by atoms with van der Waals surface area (Å²) < 4.78 is 18.9. The first-order chi connectivity index (χ1) is 21.5. The normalized spacial score (nSPS) is 19.1. The molecular weight excluding hydrogens is 576 g/mol. The molecule has 44 heavy (non-hydrogen) atoms. The van der Waals surface area contributed by atoms with Crippen LogP contribution in [0.2, 0.25) is 0 Å². The molecule has 3 aliphatic rings. The highest BCUT2D eigenvalue weighted by Crippen LogP contribution is 2.50. The first-order valence-electron chi connectivity index (χ1n) is 14.9. The quantitative estimate of drug-likeness (QED) is 0.302. The Morgan fingerprint density at radius 1 is 1.05 bits per heavy atom. The molecule has 1 N–H and O–H groups in total. The summed E-state index contributed by atoms with van der Waals surface area (Å²) in [5.74, 6) is 1.77. The number of carbonyl (C=O) groups excluding carboxylic acids is 2. The minimum atomic E-state index is -0.266. The molecule has 0 saturated carbocycles. The van der Waals surface area contributed by atoms with Gasteiger partial charge in [0.25, 0.3) is 0 Å². The van der Waals surface area contributed by atoms with Gasteiger partial charge in [0.15, 0.2) is 11.5 Å². The van der Waals surface area contributed by atoms with E-state index in [1.54, 1.807) is 4.90 Å². The molecule has 4 aromatic rings. The Labute approximate surface area is 260 Å². The summed E-state index contributed by atoms with van der Waals surface area (Å²) in [6.45, 7) is 5.28. The van der Waals surface area contributed by atoms with E-state index >= 15 is 0 Å². The molecule has 2 atom stereocenters. The van der Waals surface area contributed by atoms with Crippen LogP contribution in [0.25, 0.3) is 16.9 Å². The molecule has 1 saturated heterocycles. The second-order valence-corrected chi connectivity index (χ2v) is 12.5. The van der Waals surface area contributed by atoms with Gasteiger partial charge in [0.05, 0.1) is 28.5 Å². The Kier molecular flexibility index (Phi) is 7.78. The molecule has 226 valence electrons. The Hall–Kier alpha value is -4.28. The molecule has 9 nitrogen and oxygen atoms in total. The van der Waals surface area contributed by atoms with Crippen LogP contribution < -0.4 is 19.7 Å². The van der Waals surface area contributed by atoms with Gasteiger partial charge in [0.2, 0.25) is 18.6 Å². The number of fused-ring (bicyclic) bond motifs is 2. The number of hydrogen-bond acceptors (Lipinski definition) is 7. The summed E-state index contributed by atoms with van der Waals surface area (Å²) in [5.41, 5.74) is 6.52. The number of nitrogens with zero attached hydrogens (tertiary/aromatic N) is 3. The second-order valence-electron chi connectivity index (χ2n) is 11.4. The summed E-state index contributed by atoms with van der Waals surface area (Å²) in [6, 6.07) is 22.1. The molecule has 4 heterocycles. The largest absolute Gasteiger partial charge is 0.454 e. The van der Waals surface area contributed by atoms with E-state index in [1.165, 1.54) is 11.8 Å². The van der Waals surface area contributed by atoms with Gasteiger partial charge in [-0.1, -0.05) is 54.1 Å². The van der Waals surface area contributed by atoms with E-state index in [0.717, 1.165) is 52.0 Å². The predicted octanol–water partition coefficient (Wildman–Crippen LogP) is 5.35. The van der Waals surface area contributed by atoms with E-state index in [1.807, 2.05) is 72.3 Å². The monoisotopic (exact) mass is 610 g/mol. The van der Waals surface area contributed by atoms with Crippen molar-refractivity contribution in [1.82, 2.24) is 15.1 Å². The van der Waals surface area contributed by atoms with Gasteiger partial charge in [0.1, 0.15) is 12.4 Å². The summed E-state index contributed by atoms with van der Waals surface area (Å²) in [6.07, 6.45) is 1.91. The van der Waals surface area contributed by atoms with Crippen LogP contribution in [0.1, 0.15) is 40.3 Å². The maximum absolute atomic E-state index is 14.0. The minimum Gasteiger partial charge on any atom is -0.454 e. The van der Waals surface area contributed by atoms with E-state index in [2.05, 4.69) is 18.3 Å². The van der Waals surface area contributed by atoms with Gasteiger partial charge >= 0.3 is 0 Å². The SMILES string of the molecule is Cc1ccc(-n2nc(-c3ccccc3)c3c2N(CC(=O)NCC2CCCO2)C(=O)CSC3c2ccc3c(c2)OCO3)c(C)c1. The standard InChI is InChI=1S/C34H34N4O5S/c1-21-10-12-26(22(2)15-21)38-34-31(32(36-38)23-7-4-3-5-8-23)33(24-11-13-27-28(16-24)43-20-42-27)44-19-30(40)37(34)18-29(39)35-17-25-9-6-14-41-25/h3-5,7-8,10-13,15-16,25,33H,6,9,14,17-20H2,1-2H3,(H,35,39). The Morgan fingerprint density at radius 2 is 1.89 bits per heavy atom. The smallest absolute Gasteiger partial charge is 0.240 e. The van der Waals surface area contributed by atoms with Crippen molar-refractivity contribution in [2.45, 2.75) is 38.0 Å². The number of ether oxygens (including phenoxy) is 3. The second kappa shape index (κ2) is 12.0. The van der Waals surface area contributed by atoms with Gasteiger partial charge in [-0.25, -0.2) is 4.68 Å². The first-order valence-corrected chi connectivity index (χ1v) is 16.0. The third kappa shape index (κ3) is 5.44. The van der Waals surface area contributed by atoms with Gasteiger partial charge in [-0.2, -0.15) is 5.10 Å². The zero-order valence-corrected chi connectivity index (χ0v) is 25.6. The molecule has 2 amide bonds. The van der Waals surface area contributed by atoms with Crippen LogP contribution in [0.5, 0.6) is 11.5 Å². The van der Waals surface area contributed by atoms with Crippen LogP contribution in [0.3, 0.4) is 0 Å². The lowest BCUT2D eigenvalue weighted by Crippen LogP contribution is -2.44. The highest BCUT2D eigenvalue weighted by molar-refractivity contribution is 8.00. The minimum absolute atomic E-state index is 0.00529. The molecule has 3 aliphatic heterocycles. The van der Waals surface area contributed by atoms with Crippen LogP contribution in [0.15, 0.2) is 66.7 Å². The number of anilines is 1. The van der Waals surface area contributed by atoms with E-state index in [0.29, 0.717) is 30.5 Å². The van der Waals surface area contributed by atoms with Crippen molar-refractivity contribution in [2.24, 2.45) is 0 Å². The van der Waals surface area contributed by atoms with Crippen LogP contribution in [-0.4, -0.2) is 59.9 Å². The molecule has 0 radical (unpaired) electrons. The van der Waals surface area contributed by atoms with Crippen molar-refractivity contribution >= 4 is 29.4 Å². The number of rotatable bonds is 7. The summed E-state index contributed by atoms with van der Waals surface area (Å²) >= 11 is 1.53. The molecule has 7 rings (SSSR count). The van der Waals surface area contributed by atoms with Crippen molar-refractivity contribution in [2.75, 3.05) is 37.1 Å². The van der Waals surface area contributed by atoms with Crippen molar-refractivity contribution in [3.05, 3.63) is 89.0 Å². The number of aryl methyl sites for hydroxylation is 2. The molecule has 10 heteroatoms. The fourth-order valence-electron chi connectivity index (χ4n) is 6.11. The zero-order chi connectivity index (χ0) is 30.2. The number of nitrogens with one attached hydrogen (secondary N) is 1. The van der Waals surface area contributed by atoms with Crippen molar-refractivity contribution in [1.29, 1.82) is 0 Å². The predicted molar refractivity (Wildman–Crippen MR) is 170 cm³/mol. The average Bonchev–Trinajstić information content (AvgIpc) is 3.78.